The number of allylic oxidation sites excluding steroid dienone is 8. The van der Waals surface area contributed by atoms with E-state index in [-0.39, 0.29) is 0 Å². The predicted molar refractivity (Wildman–Crippen MR) is 179 cm³/mol. The van der Waals surface area contributed by atoms with E-state index in [4.69, 9.17) is 0 Å². The first-order valence-corrected chi connectivity index (χ1v) is 15.8. The van der Waals surface area contributed by atoms with Crippen LogP contribution in [0.5, 0.6) is 0 Å². The number of anilines is 2. The highest BCUT2D eigenvalue weighted by atomic mass is 15.2. The Labute approximate surface area is 250 Å². The average molecular weight is 547 g/mol. The summed E-state index contributed by atoms with van der Waals surface area (Å²) in [7, 11) is 0. The van der Waals surface area contributed by atoms with E-state index < -0.39 is 0 Å². The van der Waals surface area contributed by atoms with Gasteiger partial charge in [-0.1, -0.05) is 103 Å². The Kier molecular flexibility index (Phi) is 6.56. The molecule has 0 saturated carbocycles. The quantitative estimate of drug-likeness (QED) is 0.303. The molecule has 0 amide bonds. The molecule has 8 rings (SSSR count). The molecule has 0 fully saturated rings. The molecule has 5 aliphatic rings. The fourth-order valence-corrected chi connectivity index (χ4v) is 7.78. The minimum atomic E-state index is 0.304. The van der Waals surface area contributed by atoms with Crippen molar-refractivity contribution in [2.24, 2.45) is 0 Å². The van der Waals surface area contributed by atoms with Gasteiger partial charge in [-0.25, -0.2) is 0 Å². The molecule has 0 bridgehead atoms. The molecule has 2 nitrogen and oxygen atoms in total. The summed E-state index contributed by atoms with van der Waals surface area (Å²) in [5.74, 6) is 0.320. The van der Waals surface area contributed by atoms with Crippen LogP contribution in [0.3, 0.4) is 0 Å². The van der Waals surface area contributed by atoms with Crippen molar-refractivity contribution in [3.63, 3.8) is 0 Å². The van der Waals surface area contributed by atoms with E-state index in [2.05, 4.69) is 137 Å². The summed E-state index contributed by atoms with van der Waals surface area (Å²) in [4.78, 5) is 5.27. The second-order valence-electron chi connectivity index (χ2n) is 12.2. The Bertz CT molecular complexity index is 1730. The van der Waals surface area contributed by atoms with E-state index in [1.165, 1.54) is 75.9 Å². The second kappa shape index (κ2) is 10.8. The van der Waals surface area contributed by atoms with Crippen LogP contribution in [0.4, 0.5) is 11.4 Å². The molecule has 3 aromatic carbocycles. The summed E-state index contributed by atoms with van der Waals surface area (Å²) in [6.07, 6.45) is 36.5. The molecule has 208 valence electrons. The Morgan fingerprint density at radius 1 is 0.690 bits per heavy atom. The van der Waals surface area contributed by atoms with Crippen molar-refractivity contribution < 1.29 is 0 Å². The third-order valence-electron chi connectivity index (χ3n) is 9.69. The Hall–Kier alpha value is -4.30. The summed E-state index contributed by atoms with van der Waals surface area (Å²) < 4.78 is 0. The van der Waals surface area contributed by atoms with Crippen molar-refractivity contribution in [3.05, 3.63) is 143 Å². The summed E-state index contributed by atoms with van der Waals surface area (Å²) >= 11 is 0. The van der Waals surface area contributed by atoms with Crippen molar-refractivity contribution in [1.82, 2.24) is 4.90 Å². The van der Waals surface area contributed by atoms with Gasteiger partial charge in [-0.2, -0.15) is 0 Å². The van der Waals surface area contributed by atoms with Gasteiger partial charge in [0.05, 0.1) is 17.8 Å². The topological polar surface area (TPSA) is 6.48 Å². The molecule has 0 N–H and O–H groups in total. The highest BCUT2D eigenvalue weighted by molar-refractivity contribution is 6.06. The lowest BCUT2D eigenvalue weighted by Crippen LogP contribution is -2.45. The Morgan fingerprint density at radius 2 is 1.60 bits per heavy atom. The normalized spacial score (nSPS) is 23.6. The van der Waals surface area contributed by atoms with Gasteiger partial charge in [0.15, 0.2) is 0 Å². The SMILES string of the molecule is C1=CCCC(N(c2ccccc2)c2ccc3c4c5c(ccc24)C=CC(N(C2=CCCCC2)C2C=CC=CC2)C5C=C3)=C1. The third kappa shape index (κ3) is 4.32. The first-order valence-electron chi connectivity index (χ1n) is 15.8. The standard InChI is InChI=1S/C40H38N2/c1-5-13-31(14-6-1)41(32-15-7-2-8-16-32)37-27-23-29-22-26-36-38(28-24-30-21-25-35(37)39(29)40(30)36)42(33-17-9-3-10-18-33)34-19-11-4-12-20-34/h1-3,5-7,9-10,13-15,17,19,21-28,33,36,38H,4,8,11-12,16,18,20H2. The molecule has 42 heavy (non-hydrogen) atoms. The summed E-state index contributed by atoms with van der Waals surface area (Å²) in [5.41, 5.74) is 9.60. The second-order valence-corrected chi connectivity index (χ2v) is 12.2. The minimum Gasteiger partial charge on any atom is -0.361 e. The molecular weight excluding hydrogens is 508 g/mol. The number of rotatable bonds is 6. The molecule has 0 aliphatic heterocycles. The van der Waals surface area contributed by atoms with Crippen molar-refractivity contribution >= 4 is 34.3 Å². The van der Waals surface area contributed by atoms with Crippen LogP contribution in [0.2, 0.25) is 0 Å². The molecule has 0 aromatic heterocycles. The Morgan fingerprint density at radius 3 is 2.40 bits per heavy atom. The summed E-state index contributed by atoms with van der Waals surface area (Å²) in [6, 6.07) is 21.0. The van der Waals surface area contributed by atoms with Crippen LogP contribution in [-0.2, 0) is 0 Å². The molecule has 2 heteroatoms. The average Bonchev–Trinajstić information content (AvgIpc) is 3.07. The molecule has 0 radical (unpaired) electrons. The zero-order valence-corrected chi connectivity index (χ0v) is 24.2. The summed E-state index contributed by atoms with van der Waals surface area (Å²) in [5, 5.41) is 2.77. The van der Waals surface area contributed by atoms with Crippen molar-refractivity contribution in [2.45, 2.75) is 62.9 Å². The molecule has 0 heterocycles. The molecule has 3 unspecified atom stereocenters. The number of nitrogens with zero attached hydrogens (tertiary/aromatic N) is 2. The van der Waals surface area contributed by atoms with Gasteiger partial charge in [0.1, 0.15) is 0 Å². The van der Waals surface area contributed by atoms with E-state index in [1.54, 1.807) is 0 Å². The first-order chi connectivity index (χ1) is 20.9. The van der Waals surface area contributed by atoms with Gasteiger partial charge in [0.2, 0.25) is 0 Å². The van der Waals surface area contributed by atoms with E-state index in [0.717, 1.165) is 19.3 Å². The predicted octanol–water partition coefficient (Wildman–Crippen LogP) is 10.4. The summed E-state index contributed by atoms with van der Waals surface area (Å²) in [6.45, 7) is 0. The number of hydrogen-bond donors (Lipinski definition) is 0. The lowest BCUT2D eigenvalue weighted by atomic mass is 9.75. The van der Waals surface area contributed by atoms with Gasteiger partial charge in [-0.3, -0.25) is 0 Å². The van der Waals surface area contributed by atoms with E-state index in [9.17, 15) is 0 Å². The van der Waals surface area contributed by atoms with E-state index in [1.807, 2.05) is 0 Å². The molecule has 5 aliphatic carbocycles. The highest BCUT2D eigenvalue weighted by Gasteiger charge is 2.36. The van der Waals surface area contributed by atoms with Crippen LogP contribution in [0.25, 0.3) is 22.9 Å². The van der Waals surface area contributed by atoms with Gasteiger partial charge in [0.25, 0.3) is 0 Å². The number of para-hydroxylation sites is 1. The van der Waals surface area contributed by atoms with Gasteiger partial charge in [-0.05, 0) is 91.3 Å². The molecule has 0 spiro atoms. The van der Waals surface area contributed by atoms with E-state index in [0.29, 0.717) is 18.0 Å². The van der Waals surface area contributed by atoms with Gasteiger partial charge >= 0.3 is 0 Å². The molecule has 3 aromatic rings. The molecular formula is C40H38N2. The molecule has 0 saturated heterocycles. The monoisotopic (exact) mass is 546 g/mol. The van der Waals surface area contributed by atoms with Crippen molar-refractivity contribution in [2.75, 3.05) is 4.90 Å². The smallest absolute Gasteiger partial charge is 0.0583 e. The molecule has 3 atom stereocenters. The van der Waals surface area contributed by atoms with Crippen LogP contribution < -0.4 is 4.90 Å². The maximum Gasteiger partial charge on any atom is 0.0583 e. The fourth-order valence-electron chi connectivity index (χ4n) is 7.78. The minimum absolute atomic E-state index is 0.304. The fraction of sp³-hybridized carbons (Fsp3) is 0.250. The van der Waals surface area contributed by atoms with Crippen LogP contribution in [-0.4, -0.2) is 17.0 Å². The van der Waals surface area contributed by atoms with Crippen LogP contribution in [0.1, 0.15) is 67.6 Å². The van der Waals surface area contributed by atoms with Gasteiger partial charge in [-0.15, -0.1) is 0 Å². The number of benzene rings is 3. The first kappa shape index (κ1) is 25.4. The lowest BCUT2D eigenvalue weighted by molar-refractivity contribution is 0.218. The van der Waals surface area contributed by atoms with Crippen LogP contribution >= 0.6 is 0 Å². The van der Waals surface area contributed by atoms with Crippen molar-refractivity contribution in [1.29, 1.82) is 0 Å². The van der Waals surface area contributed by atoms with Crippen molar-refractivity contribution in [3.8, 4) is 0 Å². The largest absolute Gasteiger partial charge is 0.361 e. The number of hydrogen-bond acceptors (Lipinski definition) is 2. The maximum absolute atomic E-state index is 2.77. The Balaban J connectivity index is 1.28. The lowest BCUT2D eigenvalue weighted by Gasteiger charge is -2.45. The van der Waals surface area contributed by atoms with Gasteiger partial charge < -0.3 is 9.80 Å². The zero-order valence-electron chi connectivity index (χ0n) is 24.2. The third-order valence-corrected chi connectivity index (χ3v) is 9.69. The van der Waals surface area contributed by atoms with Crippen LogP contribution in [0.15, 0.2) is 127 Å². The van der Waals surface area contributed by atoms with E-state index >= 15 is 0 Å². The zero-order chi connectivity index (χ0) is 27.9. The highest BCUT2D eigenvalue weighted by Crippen LogP contribution is 2.48. The van der Waals surface area contributed by atoms with Gasteiger partial charge in [0, 0.05) is 28.4 Å². The maximum atomic E-state index is 2.77. The van der Waals surface area contributed by atoms with Crippen LogP contribution in [0, 0.1) is 0 Å².